The number of carbonyl (C=O) groups is 1. The minimum atomic E-state index is -2.60. The predicted molar refractivity (Wildman–Crippen MR) is 102 cm³/mol. The maximum Gasteiger partial charge on any atom is 0.291 e. The molecule has 2 aromatic heterocycles. The van der Waals surface area contributed by atoms with Crippen molar-refractivity contribution in [1.29, 1.82) is 0 Å². The van der Waals surface area contributed by atoms with E-state index in [1.165, 1.54) is 0 Å². The van der Waals surface area contributed by atoms with Gasteiger partial charge in [-0.25, -0.2) is 4.98 Å². The highest BCUT2D eigenvalue weighted by Crippen LogP contribution is 2.28. The first-order chi connectivity index (χ1) is 12.6. The van der Waals surface area contributed by atoms with Gasteiger partial charge < -0.3 is 9.47 Å². The van der Waals surface area contributed by atoms with E-state index in [2.05, 4.69) is 11.6 Å². The molecule has 136 valence electrons. The number of rotatable bonds is 8. The third-order valence-corrected chi connectivity index (χ3v) is 5.30. The smallest absolute Gasteiger partial charge is 0.291 e. The first-order valence-corrected chi connectivity index (χ1v) is 9.65. The molecule has 0 aliphatic heterocycles. The summed E-state index contributed by atoms with van der Waals surface area (Å²) >= 11 is 1.92. The summed E-state index contributed by atoms with van der Waals surface area (Å²) in [5.41, 5.74) is 1.26. The summed E-state index contributed by atoms with van der Waals surface area (Å²) in [5.74, 6) is -2.77. The molecule has 0 radical (unpaired) electrons. The van der Waals surface area contributed by atoms with Crippen LogP contribution in [-0.2, 0) is 17.9 Å². The summed E-state index contributed by atoms with van der Waals surface area (Å²) < 4.78 is 27.4. The number of aromatic nitrogens is 2. The number of hydrogen-bond acceptors (Lipinski definition) is 4. The zero-order chi connectivity index (χ0) is 18.5. The lowest BCUT2D eigenvalue weighted by Gasteiger charge is -2.21. The molecule has 0 fully saturated rings. The van der Waals surface area contributed by atoms with Crippen molar-refractivity contribution in [2.24, 2.45) is 0 Å². The monoisotopic (exact) mass is 393 g/mol. The molecular formula is C18H17F2N3OS2. The number of alkyl halides is 2. The van der Waals surface area contributed by atoms with E-state index in [4.69, 9.17) is 0 Å². The van der Waals surface area contributed by atoms with Gasteiger partial charge in [0.05, 0.1) is 17.6 Å². The van der Waals surface area contributed by atoms with Gasteiger partial charge in [0.1, 0.15) is 6.54 Å². The van der Waals surface area contributed by atoms with Gasteiger partial charge in [-0.15, -0.1) is 17.9 Å². The first-order valence-electron chi connectivity index (χ1n) is 7.89. The Morgan fingerprint density at radius 3 is 2.85 bits per heavy atom. The van der Waals surface area contributed by atoms with E-state index in [1.54, 1.807) is 51.1 Å². The zero-order valence-electron chi connectivity index (χ0n) is 13.8. The van der Waals surface area contributed by atoms with Crippen molar-refractivity contribution < 1.29 is 13.6 Å². The second kappa shape index (κ2) is 8.46. The highest BCUT2D eigenvalue weighted by molar-refractivity contribution is 7.99. The Bertz CT molecular complexity index is 893. The van der Waals surface area contributed by atoms with Crippen LogP contribution in [-0.4, -0.2) is 32.7 Å². The Balaban J connectivity index is 1.87. The predicted octanol–water partition coefficient (Wildman–Crippen LogP) is 4.63. The second-order valence-electron chi connectivity index (χ2n) is 5.49. The van der Waals surface area contributed by atoms with E-state index in [1.807, 2.05) is 17.5 Å². The topological polar surface area (TPSA) is 38.1 Å². The molecule has 0 unspecified atom stereocenters. The van der Waals surface area contributed by atoms with Crippen LogP contribution in [0.15, 0.2) is 59.6 Å². The van der Waals surface area contributed by atoms with Gasteiger partial charge in [-0.3, -0.25) is 4.79 Å². The third kappa shape index (κ3) is 4.31. The van der Waals surface area contributed by atoms with Crippen molar-refractivity contribution in [3.8, 4) is 0 Å². The summed E-state index contributed by atoms with van der Waals surface area (Å²) in [6.45, 7) is 4.51. The molecule has 0 spiro atoms. The van der Waals surface area contributed by atoms with Crippen molar-refractivity contribution >= 4 is 40.0 Å². The molecule has 0 saturated heterocycles. The van der Waals surface area contributed by atoms with Crippen molar-refractivity contribution in [2.75, 3.05) is 6.54 Å². The van der Waals surface area contributed by atoms with E-state index in [0.29, 0.717) is 35.9 Å². The number of thioether (sulfide) groups is 1. The van der Waals surface area contributed by atoms with Crippen LogP contribution in [0.5, 0.6) is 0 Å². The van der Waals surface area contributed by atoms with Crippen LogP contribution in [0.4, 0.5) is 8.78 Å². The maximum atomic E-state index is 12.9. The molecule has 0 aliphatic rings. The zero-order valence-corrected chi connectivity index (χ0v) is 15.5. The minimum Gasteiger partial charge on any atom is -0.332 e. The van der Waals surface area contributed by atoms with Gasteiger partial charge in [0.15, 0.2) is 5.16 Å². The van der Waals surface area contributed by atoms with Gasteiger partial charge in [-0.2, -0.15) is 8.78 Å². The van der Waals surface area contributed by atoms with Crippen molar-refractivity contribution in [1.82, 2.24) is 14.5 Å². The maximum absolute atomic E-state index is 12.9. The molecule has 0 saturated carbocycles. The molecule has 8 heteroatoms. The Morgan fingerprint density at radius 1 is 1.35 bits per heavy atom. The van der Waals surface area contributed by atoms with E-state index >= 15 is 0 Å². The van der Waals surface area contributed by atoms with Crippen molar-refractivity contribution in [3.05, 3.63) is 59.3 Å². The van der Waals surface area contributed by atoms with Crippen LogP contribution in [0, 0.1) is 0 Å². The lowest BCUT2D eigenvalue weighted by atomic mass is 10.3. The fourth-order valence-corrected chi connectivity index (χ4v) is 3.93. The van der Waals surface area contributed by atoms with Crippen molar-refractivity contribution in [3.63, 3.8) is 0 Å². The SMILES string of the molecule is C=CCN(Cc1cccs1)C(=O)Cn1c(SC(F)F)nc2ccccc21. The molecule has 0 N–H and O–H groups in total. The standard InChI is InChI=1S/C18H17F2N3OS2/c1-2-9-22(11-13-6-5-10-25-13)16(24)12-23-15-8-4-3-7-14(15)21-18(23)26-17(19)20/h2-8,10,17H,1,9,11-12H2. The van der Waals surface area contributed by atoms with Gasteiger partial charge in [-0.05, 0) is 35.3 Å². The molecule has 26 heavy (non-hydrogen) atoms. The number of fused-ring (bicyclic) bond motifs is 1. The van der Waals surface area contributed by atoms with Gasteiger partial charge >= 0.3 is 0 Å². The highest BCUT2D eigenvalue weighted by atomic mass is 32.2. The second-order valence-corrected chi connectivity index (χ2v) is 7.48. The summed E-state index contributed by atoms with van der Waals surface area (Å²) in [7, 11) is 0. The number of hydrogen-bond donors (Lipinski definition) is 0. The Hall–Kier alpha value is -2.19. The van der Waals surface area contributed by atoms with Crippen LogP contribution >= 0.6 is 23.1 Å². The van der Waals surface area contributed by atoms with E-state index in [9.17, 15) is 13.6 Å². The first kappa shape index (κ1) is 18.6. The van der Waals surface area contributed by atoms with E-state index in [-0.39, 0.29) is 17.6 Å². The van der Waals surface area contributed by atoms with Gasteiger partial charge in [-0.1, -0.05) is 24.3 Å². The van der Waals surface area contributed by atoms with Crippen LogP contribution in [0.25, 0.3) is 11.0 Å². The van der Waals surface area contributed by atoms with Crippen LogP contribution in [0.1, 0.15) is 4.88 Å². The molecule has 3 rings (SSSR count). The lowest BCUT2D eigenvalue weighted by Crippen LogP contribution is -2.33. The number of imidazole rings is 1. The number of para-hydroxylation sites is 2. The number of carbonyl (C=O) groups excluding carboxylic acids is 1. The molecular weight excluding hydrogens is 376 g/mol. The normalized spacial score (nSPS) is 11.2. The summed E-state index contributed by atoms with van der Waals surface area (Å²) in [5, 5.41) is 2.09. The average molecular weight is 393 g/mol. The molecule has 1 aromatic carbocycles. The van der Waals surface area contributed by atoms with E-state index in [0.717, 1.165) is 4.88 Å². The van der Waals surface area contributed by atoms with E-state index < -0.39 is 5.76 Å². The third-order valence-electron chi connectivity index (χ3n) is 3.74. The molecule has 0 bridgehead atoms. The van der Waals surface area contributed by atoms with Crippen LogP contribution < -0.4 is 0 Å². The van der Waals surface area contributed by atoms with Crippen molar-refractivity contribution in [2.45, 2.75) is 24.0 Å². The Morgan fingerprint density at radius 2 is 2.15 bits per heavy atom. The average Bonchev–Trinajstić information content (AvgIpc) is 3.22. The number of amides is 1. The fraction of sp³-hybridized carbons (Fsp3) is 0.222. The largest absolute Gasteiger partial charge is 0.332 e. The highest BCUT2D eigenvalue weighted by Gasteiger charge is 2.20. The number of benzene rings is 1. The lowest BCUT2D eigenvalue weighted by molar-refractivity contribution is -0.131. The van der Waals surface area contributed by atoms with Crippen LogP contribution in [0.3, 0.4) is 0 Å². The molecule has 0 atom stereocenters. The van der Waals surface area contributed by atoms with Gasteiger partial charge in [0.25, 0.3) is 5.76 Å². The molecule has 1 amide bonds. The van der Waals surface area contributed by atoms with Crippen LogP contribution in [0.2, 0.25) is 0 Å². The van der Waals surface area contributed by atoms with Gasteiger partial charge in [0, 0.05) is 11.4 Å². The quantitative estimate of drug-likeness (QED) is 0.414. The molecule has 4 nitrogen and oxygen atoms in total. The number of nitrogens with zero attached hydrogens (tertiary/aromatic N) is 3. The fourth-order valence-electron chi connectivity index (χ4n) is 2.61. The summed E-state index contributed by atoms with van der Waals surface area (Å²) in [6, 6.07) is 11.0. The Labute approximate surface area is 158 Å². The molecule has 2 heterocycles. The molecule has 3 aromatic rings. The minimum absolute atomic E-state index is 0.0468. The van der Waals surface area contributed by atoms with Gasteiger partial charge in [0.2, 0.25) is 5.91 Å². The summed E-state index contributed by atoms with van der Waals surface area (Å²) in [6.07, 6.45) is 1.66. The number of thiophene rings is 1. The number of halogens is 2. The summed E-state index contributed by atoms with van der Waals surface area (Å²) in [4.78, 5) is 19.8. The Kier molecular flexibility index (Phi) is 6.05. The molecule has 0 aliphatic carbocycles.